The molecule has 0 aromatic rings. The molecule has 0 atom stereocenters. The minimum Gasteiger partial charge on any atom is -0.462 e. The Morgan fingerprint density at radius 2 is 2.00 bits per heavy atom. The summed E-state index contributed by atoms with van der Waals surface area (Å²) in [5.41, 5.74) is 0. The van der Waals surface area contributed by atoms with Gasteiger partial charge in [-0.25, -0.2) is 0 Å². The lowest BCUT2D eigenvalue weighted by Crippen LogP contribution is -2.33. The van der Waals surface area contributed by atoms with Crippen molar-refractivity contribution in [1.29, 1.82) is 0 Å². The van der Waals surface area contributed by atoms with Gasteiger partial charge in [0.15, 0.2) is 0 Å². The van der Waals surface area contributed by atoms with Crippen LogP contribution < -0.4 is 0 Å². The van der Waals surface area contributed by atoms with E-state index in [-0.39, 0.29) is 18.0 Å². The Morgan fingerprint density at radius 3 is 2.46 bits per heavy atom. The van der Waals surface area contributed by atoms with E-state index in [2.05, 4.69) is 12.8 Å². The SMILES string of the molecule is CC(C)C(=O)OC1CCN(S)CC1. The first kappa shape index (κ1) is 10.9. The third-order valence-electron chi connectivity index (χ3n) is 2.17. The number of thiol groups is 1. The molecule has 0 radical (unpaired) electrons. The zero-order chi connectivity index (χ0) is 9.84. The maximum Gasteiger partial charge on any atom is 0.308 e. The van der Waals surface area contributed by atoms with E-state index < -0.39 is 0 Å². The average molecular weight is 203 g/mol. The summed E-state index contributed by atoms with van der Waals surface area (Å²) in [4.78, 5) is 11.2. The van der Waals surface area contributed by atoms with Gasteiger partial charge in [0.25, 0.3) is 0 Å². The first-order chi connectivity index (χ1) is 6.09. The molecule has 1 heterocycles. The maximum absolute atomic E-state index is 11.2. The minimum atomic E-state index is -0.0855. The molecule has 0 bridgehead atoms. The second-order valence-corrected chi connectivity index (χ2v) is 4.31. The zero-order valence-corrected chi connectivity index (χ0v) is 9.09. The van der Waals surface area contributed by atoms with Crippen molar-refractivity contribution in [3.05, 3.63) is 0 Å². The topological polar surface area (TPSA) is 29.5 Å². The minimum absolute atomic E-state index is 0.0194. The summed E-state index contributed by atoms with van der Waals surface area (Å²) < 4.78 is 7.26. The van der Waals surface area contributed by atoms with Gasteiger partial charge in [-0.2, -0.15) is 0 Å². The summed E-state index contributed by atoms with van der Waals surface area (Å²) in [6, 6.07) is 0. The Kier molecular flexibility index (Phi) is 4.06. The lowest BCUT2D eigenvalue weighted by atomic mass is 10.1. The normalized spacial score (nSPS) is 20.6. The molecule has 0 aromatic heterocycles. The first-order valence-electron chi connectivity index (χ1n) is 4.74. The molecule has 0 aliphatic carbocycles. The van der Waals surface area contributed by atoms with Crippen LogP contribution >= 0.6 is 12.8 Å². The lowest BCUT2D eigenvalue weighted by Gasteiger charge is -2.28. The van der Waals surface area contributed by atoms with Crippen LogP contribution in [0.1, 0.15) is 26.7 Å². The third-order valence-corrected chi connectivity index (χ3v) is 2.57. The molecule has 0 aromatic carbocycles. The van der Waals surface area contributed by atoms with Gasteiger partial charge in [0, 0.05) is 13.1 Å². The standard InChI is InChI=1S/C9H17NO2S/c1-7(2)9(11)12-8-3-5-10(13)6-4-8/h7-8,13H,3-6H2,1-2H3. The number of esters is 1. The van der Waals surface area contributed by atoms with Crippen molar-refractivity contribution >= 4 is 18.8 Å². The van der Waals surface area contributed by atoms with E-state index in [1.54, 1.807) is 0 Å². The average Bonchev–Trinajstić information content (AvgIpc) is 2.08. The predicted molar refractivity (Wildman–Crippen MR) is 54.5 cm³/mol. The molecule has 1 aliphatic rings. The smallest absolute Gasteiger partial charge is 0.308 e. The van der Waals surface area contributed by atoms with Crippen LogP contribution in [0.5, 0.6) is 0 Å². The van der Waals surface area contributed by atoms with Crippen molar-refractivity contribution in [3.8, 4) is 0 Å². The molecule has 76 valence electrons. The first-order valence-corrected chi connectivity index (χ1v) is 5.14. The fourth-order valence-electron chi connectivity index (χ4n) is 1.26. The molecule has 1 saturated heterocycles. The number of hydrogen-bond donors (Lipinski definition) is 1. The molecule has 13 heavy (non-hydrogen) atoms. The molecule has 0 unspecified atom stereocenters. The molecule has 1 rings (SSSR count). The number of hydrogen-bond acceptors (Lipinski definition) is 4. The van der Waals surface area contributed by atoms with Crippen molar-refractivity contribution in [1.82, 2.24) is 4.31 Å². The van der Waals surface area contributed by atoms with E-state index >= 15 is 0 Å². The summed E-state index contributed by atoms with van der Waals surface area (Å²) in [5, 5.41) is 0. The van der Waals surface area contributed by atoms with Crippen LogP contribution in [-0.4, -0.2) is 29.5 Å². The summed E-state index contributed by atoms with van der Waals surface area (Å²) in [5.74, 6) is -0.105. The lowest BCUT2D eigenvalue weighted by molar-refractivity contribution is -0.154. The second kappa shape index (κ2) is 4.86. The van der Waals surface area contributed by atoms with Gasteiger partial charge in [0.05, 0.1) is 5.92 Å². The molecule has 0 saturated carbocycles. The number of piperidine rings is 1. The van der Waals surface area contributed by atoms with E-state index in [0.29, 0.717) is 0 Å². The summed E-state index contributed by atoms with van der Waals surface area (Å²) in [6.45, 7) is 5.52. The molecule has 0 amide bonds. The van der Waals surface area contributed by atoms with Crippen LogP contribution in [0.3, 0.4) is 0 Å². The molecule has 3 nitrogen and oxygen atoms in total. The van der Waals surface area contributed by atoms with Crippen molar-refractivity contribution in [3.63, 3.8) is 0 Å². The molecule has 1 aliphatic heterocycles. The number of ether oxygens (including phenoxy) is 1. The van der Waals surface area contributed by atoms with Crippen molar-refractivity contribution in [2.45, 2.75) is 32.8 Å². The van der Waals surface area contributed by atoms with Gasteiger partial charge in [-0.3, -0.25) is 9.10 Å². The van der Waals surface area contributed by atoms with Gasteiger partial charge in [-0.15, -0.1) is 0 Å². The molecular formula is C9H17NO2S. The van der Waals surface area contributed by atoms with E-state index in [9.17, 15) is 4.79 Å². The summed E-state index contributed by atoms with van der Waals surface area (Å²) in [6.07, 6.45) is 1.92. The Bertz CT molecular complexity index is 176. The number of nitrogens with zero attached hydrogens (tertiary/aromatic N) is 1. The van der Waals surface area contributed by atoms with Crippen LogP contribution in [0.2, 0.25) is 0 Å². The van der Waals surface area contributed by atoms with Crippen molar-refractivity contribution < 1.29 is 9.53 Å². The van der Waals surface area contributed by atoms with Crippen LogP contribution in [0.25, 0.3) is 0 Å². The monoisotopic (exact) mass is 203 g/mol. The highest BCUT2D eigenvalue weighted by Gasteiger charge is 2.21. The van der Waals surface area contributed by atoms with Crippen LogP contribution in [0.15, 0.2) is 0 Å². The Balaban J connectivity index is 2.26. The van der Waals surface area contributed by atoms with E-state index in [1.807, 2.05) is 18.2 Å². The van der Waals surface area contributed by atoms with E-state index in [0.717, 1.165) is 25.9 Å². The van der Waals surface area contributed by atoms with E-state index in [1.165, 1.54) is 0 Å². The van der Waals surface area contributed by atoms with Crippen molar-refractivity contribution in [2.75, 3.05) is 13.1 Å². The summed E-state index contributed by atoms with van der Waals surface area (Å²) >= 11 is 4.23. The number of rotatable bonds is 2. The fraction of sp³-hybridized carbons (Fsp3) is 0.889. The van der Waals surface area contributed by atoms with Gasteiger partial charge in [0.2, 0.25) is 0 Å². The largest absolute Gasteiger partial charge is 0.462 e. The van der Waals surface area contributed by atoms with Gasteiger partial charge in [-0.05, 0) is 12.8 Å². The van der Waals surface area contributed by atoms with Crippen molar-refractivity contribution in [2.24, 2.45) is 5.92 Å². The predicted octanol–water partition coefficient (Wildman–Crippen LogP) is 1.49. The second-order valence-electron chi connectivity index (χ2n) is 3.74. The number of carbonyl (C=O) groups excluding carboxylic acids is 1. The Labute approximate surface area is 85.0 Å². The van der Waals surface area contributed by atoms with Gasteiger partial charge in [0.1, 0.15) is 6.10 Å². The van der Waals surface area contributed by atoms with Crippen LogP contribution in [0, 0.1) is 5.92 Å². The van der Waals surface area contributed by atoms with Gasteiger partial charge < -0.3 is 4.74 Å². The third kappa shape index (κ3) is 3.56. The van der Waals surface area contributed by atoms with Crippen LogP contribution in [-0.2, 0) is 9.53 Å². The highest BCUT2D eigenvalue weighted by Crippen LogP contribution is 2.16. The van der Waals surface area contributed by atoms with E-state index in [4.69, 9.17) is 4.74 Å². The summed E-state index contributed by atoms with van der Waals surface area (Å²) in [7, 11) is 0. The molecular weight excluding hydrogens is 186 g/mol. The highest BCUT2D eigenvalue weighted by atomic mass is 32.1. The molecule has 0 N–H and O–H groups in total. The maximum atomic E-state index is 11.2. The Hall–Kier alpha value is -0.220. The molecule has 0 spiro atoms. The molecule has 4 heteroatoms. The van der Waals surface area contributed by atoms with Gasteiger partial charge >= 0.3 is 5.97 Å². The molecule has 1 fully saturated rings. The number of carbonyl (C=O) groups is 1. The Morgan fingerprint density at radius 1 is 1.46 bits per heavy atom. The zero-order valence-electron chi connectivity index (χ0n) is 8.19. The quantitative estimate of drug-likeness (QED) is 0.545. The van der Waals surface area contributed by atoms with Crippen LogP contribution in [0.4, 0.5) is 0 Å². The van der Waals surface area contributed by atoms with Gasteiger partial charge in [-0.1, -0.05) is 26.7 Å². The highest BCUT2D eigenvalue weighted by molar-refractivity contribution is 7.77. The fourth-order valence-corrected chi connectivity index (χ4v) is 1.49.